The Bertz CT molecular complexity index is 787. The number of anilines is 1. The van der Waals surface area contributed by atoms with Crippen LogP contribution < -0.4 is 4.90 Å². The number of benzene rings is 1. The molecule has 0 amide bonds. The maximum absolute atomic E-state index is 9.85. The van der Waals surface area contributed by atoms with Crippen molar-refractivity contribution in [1.82, 2.24) is 4.98 Å². The Kier molecular flexibility index (Phi) is 5.28. The smallest absolute Gasteiger partial charge is 0.129 e. The van der Waals surface area contributed by atoms with Crippen molar-refractivity contribution in [1.29, 1.82) is 0 Å². The number of rotatable bonds is 4. The Hall–Kier alpha value is -1.84. The number of fused-ring (bicyclic) bond motifs is 1. The van der Waals surface area contributed by atoms with Crippen LogP contribution in [-0.4, -0.2) is 29.3 Å². The predicted molar refractivity (Wildman–Crippen MR) is 108 cm³/mol. The summed E-state index contributed by atoms with van der Waals surface area (Å²) in [5.74, 6) is 0.382. The van der Waals surface area contributed by atoms with E-state index in [1.165, 1.54) is 41.6 Å². The quantitative estimate of drug-likeness (QED) is 0.792. The first-order valence-electron chi connectivity index (χ1n) is 9.52. The SMILES string of the molecule is OC[C@H]1CCCC[C@@H]1N1CC=C(Cc2ccc(Cl)nc2)c2ccccc21. The standard InChI is InChI=1S/C22H25ClN2O/c23-22-10-9-16(14-24-22)13-17-11-12-25(21-8-4-2-6-19(17)21)20-7-3-1-5-18(20)15-26/h2,4,6,8-11,14,18,20,26H,1,3,5,7,12-13,15H2/t18-,20+/m1/s1. The molecule has 26 heavy (non-hydrogen) atoms. The molecule has 1 aliphatic carbocycles. The van der Waals surface area contributed by atoms with Crippen molar-refractivity contribution in [2.24, 2.45) is 5.92 Å². The van der Waals surface area contributed by atoms with Gasteiger partial charge in [0.05, 0.1) is 0 Å². The lowest BCUT2D eigenvalue weighted by molar-refractivity contribution is 0.167. The molecular formula is C22H25ClN2O. The summed E-state index contributed by atoms with van der Waals surface area (Å²) >= 11 is 5.92. The number of allylic oxidation sites excluding steroid dienone is 1. The highest BCUT2D eigenvalue weighted by Crippen LogP contribution is 2.38. The number of pyridine rings is 1. The van der Waals surface area contributed by atoms with Gasteiger partial charge in [-0.3, -0.25) is 0 Å². The number of aromatic nitrogens is 1. The van der Waals surface area contributed by atoms with Gasteiger partial charge in [-0.1, -0.05) is 54.8 Å². The third kappa shape index (κ3) is 3.51. The van der Waals surface area contributed by atoms with E-state index in [1.54, 1.807) is 0 Å². The van der Waals surface area contributed by atoms with Crippen molar-refractivity contribution >= 4 is 22.9 Å². The zero-order valence-electron chi connectivity index (χ0n) is 14.9. The number of aliphatic hydroxyl groups excluding tert-OH is 1. The second kappa shape index (κ2) is 7.81. The largest absolute Gasteiger partial charge is 0.396 e. The number of para-hydroxylation sites is 1. The number of halogens is 1. The normalized spacial score (nSPS) is 22.7. The number of nitrogens with zero attached hydrogens (tertiary/aromatic N) is 2. The summed E-state index contributed by atoms with van der Waals surface area (Å²) in [5.41, 5.74) is 5.13. The maximum atomic E-state index is 9.85. The Morgan fingerprint density at radius 3 is 2.77 bits per heavy atom. The lowest BCUT2D eigenvalue weighted by Crippen LogP contribution is -2.45. The van der Waals surface area contributed by atoms with Crippen molar-refractivity contribution in [3.05, 3.63) is 65.0 Å². The van der Waals surface area contributed by atoms with Gasteiger partial charge in [-0.25, -0.2) is 4.98 Å². The Labute approximate surface area is 160 Å². The molecule has 4 heteroatoms. The molecule has 1 aromatic carbocycles. The molecule has 0 unspecified atom stereocenters. The van der Waals surface area contributed by atoms with Crippen LogP contribution in [-0.2, 0) is 6.42 Å². The fourth-order valence-electron chi connectivity index (χ4n) is 4.44. The molecule has 0 saturated heterocycles. The van der Waals surface area contributed by atoms with Crippen LogP contribution in [0.15, 0.2) is 48.7 Å². The third-order valence-corrected chi connectivity index (χ3v) is 6.00. The first-order chi connectivity index (χ1) is 12.8. The zero-order chi connectivity index (χ0) is 17.9. The molecule has 0 bridgehead atoms. The second-order valence-corrected chi connectivity index (χ2v) is 7.75. The summed E-state index contributed by atoms with van der Waals surface area (Å²) in [6, 6.07) is 13.0. The van der Waals surface area contributed by atoms with E-state index in [1.807, 2.05) is 18.3 Å². The van der Waals surface area contributed by atoms with Gasteiger partial charge >= 0.3 is 0 Å². The monoisotopic (exact) mass is 368 g/mol. The van der Waals surface area contributed by atoms with Crippen LogP contribution in [0.3, 0.4) is 0 Å². The molecule has 2 aromatic rings. The Morgan fingerprint density at radius 2 is 1.96 bits per heavy atom. The molecule has 0 spiro atoms. The zero-order valence-corrected chi connectivity index (χ0v) is 15.7. The molecule has 1 aromatic heterocycles. The first kappa shape index (κ1) is 17.6. The summed E-state index contributed by atoms with van der Waals surface area (Å²) < 4.78 is 0. The van der Waals surface area contributed by atoms with E-state index < -0.39 is 0 Å². The van der Waals surface area contributed by atoms with Crippen molar-refractivity contribution in [2.45, 2.75) is 38.1 Å². The van der Waals surface area contributed by atoms with E-state index in [0.29, 0.717) is 17.1 Å². The van der Waals surface area contributed by atoms with E-state index >= 15 is 0 Å². The summed E-state index contributed by atoms with van der Waals surface area (Å²) in [5, 5.41) is 10.4. The van der Waals surface area contributed by atoms with Crippen LogP contribution in [0.25, 0.3) is 5.57 Å². The molecule has 1 saturated carbocycles. The van der Waals surface area contributed by atoms with E-state index in [0.717, 1.165) is 19.4 Å². The van der Waals surface area contributed by atoms with Crippen LogP contribution in [0.2, 0.25) is 5.15 Å². The van der Waals surface area contributed by atoms with E-state index in [-0.39, 0.29) is 6.61 Å². The van der Waals surface area contributed by atoms with Crippen LogP contribution in [0.4, 0.5) is 5.69 Å². The molecule has 0 radical (unpaired) electrons. The lowest BCUT2D eigenvalue weighted by atomic mass is 9.82. The van der Waals surface area contributed by atoms with Crippen LogP contribution >= 0.6 is 11.6 Å². The molecule has 1 N–H and O–H groups in total. The number of hydrogen-bond acceptors (Lipinski definition) is 3. The maximum Gasteiger partial charge on any atom is 0.129 e. The van der Waals surface area contributed by atoms with E-state index in [9.17, 15) is 5.11 Å². The van der Waals surface area contributed by atoms with Crippen LogP contribution in [0, 0.1) is 5.92 Å². The lowest BCUT2D eigenvalue weighted by Gasteiger charge is -2.43. The van der Waals surface area contributed by atoms with Gasteiger partial charge in [0.25, 0.3) is 0 Å². The third-order valence-electron chi connectivity index (χ3n) is 5.78. The highest BCUT2D eigenvalue weighted by Gasteiger charge is 2.32. The molecule has 3 nitrogen and oxygen atoms in total. The average Bonchev–Trinajstić information content (AvgIpc) is 2.70. The topological polar surface area (TPSA) is 36.4 Å². The van der Waals surface area contributed by atoms with Crippen LogP contribution in [0.1, 0.15) is 36.8 Å². The van der Waals surface area contributed by atoms with Crippen molar-refractivity contribution in [3.63, 3.8) is 0 Å². The minimum absolute atomic E-state index is 0.288. The number of aliphatic hydroxyl groups is 1. The highest BCUT2D eigenvalue weighted by atomic mass is 35.5. The van der Waals surface area contributed by atoms with Crippen molar-refractivity contribution < 1.29 is 5.11 Å². The average molecular weight is 369 g/mol. The van der Waals surface area contributed by atoms with Crippen molar-refractivity contribution in [3.8, 4) is 0 Å². The van der Waals surface area contributed by atoms with Crippen LogP contribution in [0.5, 0.6) is 0 Å². The predicted octanol–water partition coefficient (Wildman–Crippen LogP) is 4.73. The second-order valence-electron chi connectivity index (χ2n) is 7.36. The minimum atomic E-state index is 0.288. The minimum Gasteiger partial charge on any atom is -0.396 e. The highest BCUT2D eigenvalue weighted by molar-refractivity contribution is 6.29. The molecule has 136 valence electrons. The summed E-state index contributed by atoms with van der Waals surface area (Å²) in [6.07, 6.45) is 9.87. The van der Waals surface area contributed by atoms with Gasteiger partial charge in [0.2, 0.25) is 0 Å². The van der Waals surface area contributed by atoms with Crippen molar-refractivity contribution in [2.75, 3.05) is 18.1 Å². The van der Waals surface area contributed by atoms with Gasteiger partial charge in [0.15, 0.2) is 0 Å². The fraction of sp³-hybridized carbons (Fsp3) is 0.409. The number of hydrogen-bond donors (Lipinski definition) is 1. The summed E-state index contributed by atoms with van der Waals surface area (Å²) in [6.45, 7) is 1.20. The summed E-state index contributed by atoms with van der Waals surface area (Å²) in [4.78, 5) is 6.72. The molecule has 4 rings (SSSR count). The van der Waals surface area contributed by atoms with Gasteiger partial charge in [0, 0.05) is 42.6 Å². The molecular weight excluding hydrogens is 344 g/mol. The van der Waals surface area contributed by atoms with Gasteiger partial charge in [-0.05, 0) is 42.5 Å². The molecule has 1 fully saturated rings. The molecule has 1 aliphatic heterocycles. The van der Waals surface area contributed by atoms with Gasteiger partial charge < -0.3 is 10.0 Å². The van der Waals surface area contributed by atoms with E-state index in [2.05, 4.69) is 40.2 Å². The van der Waals surface area contributed by atoms with Gasteiger partial charge in [-0.2, -0.15) is 0 Å². The Balaban J connectivity index is 1.62. The molecule has 2 aliphatic rings. The molecule has 2 atom stereocenters. The van der Waals surface area contributed by atoms with E-state index in [4.69, 9.17) is 11.6 Å². The van der Waals surface area contributed by atoms with Gasteiger partial charge in [-0.15, -0.1) is 0 Å². The Morgan fingerprint density at radius 1 is 1.12 bits per heavy atom. The first-order valence-corrected chi connectivity index (χ1v) is 9.90. The molecule has 2 heterocycles. The van der Waals surface area contributed by atoms with Gasteiger partial charge in [0.1, 0.15) is 5.15 Å². The fourth-order valence-corrected chi connectivity index (χ4v) is 4.55. The summed E-state index contributed by atoms with van der Waals surface area (Å²) in [7, 11) is 0.